The molecule has 0 aliphatic heterocycles. The molecule has 39 heavy (non-hydrogen) atoms. The van der Waals surface area contributed by atoms with Gasteiger partial charge in [-0.2, -0.15) is 0 Å². The quantitative estimate of drug-likeness (QED) is 0.311. The normalized spacial score (nSPS) is 18.7. The highest BCUT2D eigenvalue weighted by Gasteiger charge is 2.34. The minimum absolute atomic E-state index is 0.199. The highest BCUT2D eigenvalue weighted by atomic mass is 16.5. The number of ether oxygens (including phenoxy) is 1. The number of allylic oxidation sites excluding steroid dienone is 1. The molecule has 0 spiro atoms. The zero-order chi connectivity index (χ0) is 27.7. The maximum absolute atomic E-state index is 14.5. The summed E-state index contributed by atoms with van der Waals surface area (Å²) < 4.78 is 5.84. The van der Waals surface area contributed by atoms with Gasteiger partial charge in [0.15, 0.2) is 0 Å². The Kier molecular flexibility index (Phi) is 7.98. The largest absolute Gasteiger partial charge is 0.496 e. The Morgan fingerprint density at radius 3 is 2.18 bits per heavy atom. The van der Waals surface area contributed by atoms with Crippen LogP contribution in [0.1, 0.15) is 79.3 Å². The van der Waals surface area contributed by atoms with E-state index < -0.39 is 0 Å². The van der Waals surface area contributed by atoms with E-state index in [9.17, 15) is 4.79 Å². The molecule has 1 amide bonds. The summed E-state index contributed by atoms with van der Waals surface area (Å²) in [6.07, 6.45) is 6.49. The van der Waals surface area contributed by atoms with Gasteiger partial charge in [-0.05, 0) is 110 Å². The second kappa shape index (κ2) is 11.4. The second-order valence-corrected chi connectivity index (χ2v) is 11.7. The number of aryl methyl sites for hydroxylation is 3. The molecular formula is C36H43NO2. The van der Waals surface area contributed by atoms with Crippen LogP contribution in [-0.4, -0.2) is 24.0 Å². The first kappa shape index (κ1) is 27.2. The van der Waals surface area contributed by atoms with Crippen molar-refractivity contribution in [3.8, 4) is 16.9 Å². The van der Waals surface area contributed by atoms with E-state index in [1.807, 2.05) is 0 Å². The lowest BCUT2D eigenvalue weighted by atomic mass is 9.83. The molecule has 3 aromatic carbocycles. The molecule has 3 nitrogen and oxygen atoms in total. The van der Waals surface area contributed by atoms with Crippen molar-refractivity contribution in [1.29, 1.82) is 0 Å². The predicted molar refractivity (Wildman–Crippen MR) is 162 cm³/mol. The number of nitrogens with zero attached hydrogens (tertiary/aromatic N) is 1. The second-order valence-electron chi connectivity index (χ2n) is 11.7. The number of amides is 1. The summed E-state index contributed by atoms with van der Waals surface area (Å²) in [5.41, 5.74) is 11.9. The molecule has 0 unspecified atom stereocenters. The standard InChI is InChI=1S/C36H43NO2/c1-7-27-12-17-31(18-13-27)37(36(38)33-21-32-24(3)10-11-25(4)35(32)26(33)5)22-30-20-29(16-19-34(30)39-6)28-14-8-23(2)9-15-28/h8-11,14-16,19-20,27,31H,7,12-13,17-18,21-22H2,1-6H3/t27-,31+. The van der Waals surface area contributed by atoms with Crippen molar-refractivity contribution < 1.29 is 9.53 Å². The van der Waals surface area contributed by atoms with Crippen LogP contribution >= 0.6 is 0 Å². The van der Waals surface area contributed by atoms with E-state index in [1.165, 1.54) is 52.6 Å². The van der Waals surface area contributed by atoms with Gasteiger partial charge in [-0.25, -0.2) is 0 Å². The van der Waals surface area contributed by atoms with Gasteiger partial charge in [0.05, 0.1) is 7.11 Å². The summed E-state index contributed by atoms with van der Waals surface area (Å²) in [5, 5.41) is 0. The van der Waals surface area contributed by atoms with Crippen molar-refractivity contribution in [2.45, 2.75) is 85.7 Å². The van der Waals surface area contributed by atoms with E-state index >= 15 is 0 Å². The van der Waals surface area contributed by atoms with Crippen molar-refractivity contribution in [3.05, 3.63) is 93.6 Å². The van der Waals surface area contributed by atoms with E-state index in [0.29, 0.717) is 6.54 Å². The summed E-state index contributed by atoms with van der Waals surface area (Å²) in [5.74, 6) is 1.82. The Morgan fingerprint density at radius 2 is 1.54 bits per heavy atom. The maximum Gasteiger partial charge on any atom is 0.250 e. The highest BCUT2D eigenvalue weighted by molar-refractivity contribution is 6.04. The molecule has 2 aliphatic carbocycles. The fourth-order valence-corrected chi connectivity index (χ4v) is 6.73. The fourth-order valence-electron chi connectivity index (χ4n) is 6.73. The topological polar surface area (TPSA) is 29.5 Å². The zero-order valence-corrected chi connectivity index (χ0v) is 24.6. The lowest BCUT2D eigenvalue weighted by molar-refractivity contribution is -0.131. The Labute approximate surface area is 234 Å². The van der Waals surface area contributed by atoms with Crippen molar-refractivity contribution >= 4 is 11.5 Å². The van der Waals surface area contributed by atoms with Crippen LogP contribution in [-0.2, 0) is 17.8 Å². The third-order valence-corrected chi connectivity index (χ3v) is 9.30. The predicted octanol–water partition coefficient (Wildman–Crippen LogP) is 8.61. The molecular weight excluding hydrogens is 478 g/mol. The molecule has 3 aromatic rings. The SMILES string of the molecule is CC[C@H]1CC[C@@H](N(Cc2cc(-c3ccc(C)cc3)ccc2OC)C(=O)C2=C(C)c3c(C)ccc(C)c3C2)CC1. The summed E-state index contributed by atoms with van der Waals surface area (Å²) in [7, 11) is 1.73. The summed E-state index contributed by atoms with van der Waals surface area (Å²) >= 11 is 0. The minimum Gasteiger partial charge on any atom is -0.496 e. The molecule has 0 radical (unpaired) electrons. The van der Waals surface area contributed by atoms with Crippen molar-refractivity contribution in [2.75, 3.05) is 7.11 Å². The Morgan fingerprint density at radius 1 is 0.872 bits per heavy atom. The molecule has 0 bridgehead atoms. The molecule has 1 fully saturated rings. The number of carbonyl (C=O) groups is 1. The van der Waals surface area contributed by atoms with Crippen LogP contribution < -0.4 is 4.74 Å². The van der Waals surface area contributed by atoms with Gasteiger partial charge >= 0.3 is 0 Å². The van der Waals surface area contributed by atoms with Crippen molar-refractivity contribution in [1.82, 2.24) is 4.90 Å². The van der Waals surface area contributed by atoms with Gasteiger partial charge in [-0.3, -0.25) is 4.79 Å². The Balaban J connectivity index is 1.52. The van der Waals surface area contributed by atoms with Crippen molar-refractivity contribution in [3.63, 3.8) is 0 Å². The van der Waals surface area contributed by atoms with Gasteiger partial charge in [-0.15, -0.1) is 0 Å². The molecule has 0 N–H and O–H groups in total. The number of fused-ring (bicyclic) bond motifs is 1. The Hall–Kier alpha value is -3.33. The van der Waals surface area contributed by atoms with E-state index in [4.69, 9.17) is 4.74 Å². The number of hydrogen-bond acceptors (Lipinski definition) is 2. The number of rotatable bonds is 7. The minimum atomic E-state index is 0.199. The third-order valence-electron chi connectivity index (χ3n) is 9.30. The average Bonchev–Trinajstić information content (AvgIpc) is 3.32. The molecule has 1 saturated carbocycles. The first-order chi connectivity index (χ1) is 18.8. The number of methoxy groups -OCH3 is 1. The molecule has 3 heteroatoms. The summed E-state index contributed by atoms with van der Waals surface area (Å²) in [6, 6.07) is 19.7. The molecule has 204 valence electrons. The molecule has 0 aromatic heterocycles. The maximum atomic E-state index is 14.5. The van der Waals surface area contributed by atoms with Crippen LogP contribution in [0.2, 0.25) is 0 Å². The molecule has 2 aliphatic rings. The third kappa shape index (κ3) is 5.41. The van der Waals surface area contributed by atoms with Crippen LogP contribution in [0.25, 0.3) is 16.7 Å². The van der Waals surface area contributed by atoms with E-state index in [2.05, 4.69) is 94.1 Å². The van der Waals surface area contributed by atoms with Crippen LogP contribution in [0.15, 0.2) is 60.2 Å². The molecule has 5 rings (SSSR count). The van der Waals surface area contributed by atoms with Crippen LogP contribution in [0, 0.1) is 26.7 Å². The number of hydrogen-bond donors (Lipinski definition) is 0. The molecule has 0 saturated heterocycles. The van der Waals surface area contributed by atoms with Gasteiger partial charge in [0.25, 0.3) is 5.91 Å². The van der Waals surface area contributed by atoms with Crippen LogP contribution in [0.4, 0.5) is 0 Å². The number of benzene rings is 3. The first-order valence-electron chi connectivity index (χ1n) is 14.6. The van der Waals surface area contributed by atoms with Gasteiger partial charge < -0.3 is 9.64 Å². The Bertz CT molecular complexity index is 1390. The van der Waals surface area contributed by atoms with Crippen LogP contribution in [0.3, 0.4) is 0 Å². The smallest absolute Gasteiger partial charge is 0.250 e. The van der Waals surface area contributed by atoms with E-state index in [-0.39, 0.29) is 11.9 Å². The van der Waals surface area contributed by atoms with Gasteiger partial charge in [0.1, 0.15) is 5.75 Å². The highest BCUT2D eigenvalue weighted by Crippen LogP contribution is 2.40. The first-order valence-corrected chi connectivity index (χ1v) is 14.6. The van der Waals surface area contributed by atoms with Gasteiger partial charge in [0, 0.05) is 30.1 Å². The number of carbonyl (C=O) groups excluding carboxylic acids is 1. The lowest BCUT2D eigenvalue weighted by Gasteiger charge is -2.37. The monoisotopic (exact) mass is 521 g/mol. The molecule has 0 heterocycles. The van der Waals surface area contributed by atoms with E-state index in [1.54, 1.807) is 7.11 Å². The molecule has 0 atom stereocenters. The van der Waals surface area contributed by atoms with Gasteiger partial charge in [0.2, 0.25) is 0 Å². The van der Waals surface area contributed by atoms with Gasteiger partial charge in [-0.1, -0.05) is 61.4 Å². The van der Waals surface area contributed by atoms with Crippen molar-refractivity contribution in [2.24, 2.45) is 5.92 Å². The fraction of sp³-hybridized carbons (Fsp3) is 0.417. The van der Waals surface area contributed by atoms with E-state index in [0.717, 1.165) is 53.2 Å². The summed E-state index contributed by atoms with van der Waals surface area (Å²) in [4.78, 5) is 16.7. The van der Waals surface area contributed by atoms with Crippen LogP contribution in [0.5, 0.6) is 5.75 Å². The lowest BCUT2D eigenvalue weighted by Crippen LogP contribution is -2.42. The summed E-state index contributed by atoms with van der Waals surface area (Å²) in [6.45, 7) is 11.5. The zero-order valence-electron chi connectivity index (χ0n) is 24.6. The average molecular weight is 522 g/mol.